The fourth-order valence-electron chi connectivity index (χ4n) is 2.68. The van der Waals surface area contributed by atoms with Gasteiger partial charge < -0.3 is 15.2 Å². The highest BCUT2D eigenvalue weighted by Gasteiger charge is 2.40. The first-order valence-corrected chi connectivity index (χ1v) is 7.79. The van der Waals surface area contributed by atoms with Crippen LogP contribution in [0.15, 0.2) is 34.9 Å². The monoisotopic (exact) mass is 355 g/mol. The summed E-state index contributed by atoms with van der Waals surface area (Å²) < 4.78 is 44.7. The number of alkyl halides is 3. The Kier molecular flexibility index (Phi) is 5.71. The molecule has 8 heteroatoms. The number of hydrogen-bond donors (Lipinski definition) is 2. The van der Waals surface area contributed by atoms with Crippen LogP contribution in [0.1, 0.15) is 35.5 Å². The van der Waals surface area contributed by atoms with Crippen molar-refractivity contribution in [1.82, 2.24) is 15.8 Å². The van der Waals surface area contributed by atoms with E-state index < -0.39 is 24.3 Å². The lowest BCUT2D eigenvalue weighted by Crippen LogP contribution is -2.50. The van der Waals surface area contributed by atoms with Crippen molar-refractivity contribution < 1.29 is 22.5 Å². The summed E-state index contributed by atoms with van der Waals surface area (Å²) in [4.78, 5) is 12.0. The maximum atomic E-state index is 13.2. The van der Waals surface area contributed by atoms with Gasteiger partial charge in [0.1, 0.15) is 11.8 Å². The van der Waals surface area contributed by atoms with Gasteiger partial charge in [0.2, 0.25) is 0 Å². The quantitative estimate of drug-likeness (QED) is 0.857. The summed E-state index contributed by atoms with van der Waals surface area (Å²) >= 11 is 0. The minimum absolute atomic E-state index is 0.336. The molecular weight excluding hydrogens is 335 g/mol. The third-order valence-electron chi connectivity index (χ3n) is 3.85. The van der Waals surface area contributed by atoms with E-state index in [1.54, 1.807) is 51.1 Å². The molecule has 2 N–H and O–H groups in total. The molecule has 2 aromatic rings. The molecule has 0 fully saturated rings. The Balaban J connectivity index is 2.04. The van der Waals surface area contributed by atoms with Gasteiger partial charge in [-0.2, -0.15) is 13.2 Å². The van der Waals surface area contributed by atoms with E-state index in [0.717, 1.165) is 0 Å². The van der Waals surface area contributed by atoms with E-state index in [9.17, 15) is 18.0 Å². The van der Waals surface area contributed by atoms with Crippen molar-refractivity contribution in [2.75, 3.05) is 0 Å². The van der Waals surface area contributed by atoms with E-state index in [4.69, 9.17) is 4.52 Å². The molecule has 0 spiro atoms. The first kappa shape index (κ1) is 18.8. The number of aryl methyl sites for hydroxylation is 2. The number of rotatable bonds is 5. The lowest BCUT2D eigenvalue weighted by Gasteiger charge is -2.23. The summed E-state index contributed by atoms with van der Waals surface area (Å²) in [6, 6.07) is 4.80. The van der Waals surface area contributed by atoms with Crippen LogP contribution in [-0.4, -0.2) is 23.4 Å². The van der Waals surface area contributed by atoms with E-state index in [1.807, 2.05) is 5.32 Å². The van der Waals surface area contributed by atoms with Gasteiger partial charge in [-0.25, -0.2) is 4.79 Å². The number of benzene rings is 1. The molecule has 0 saturated heterocycles. The molecule has 1 heterocycles. The second-order valence-corrected chi connectivity index (χ2v) is 5.86. The number of halogens is 3. The Morgan fingerprint density at radius 3 is 2.36 bits per heavy atom. The number of carbonyl (C=O) groups excluding carboxylic acids is 1. The lowest BCUT2D eigenvalue weighted by molar-refractivity contribution is -0.152. The average molecular weight is 355 g/mol. The van der Waals surface area contributed by atoms with Crippen LogP contribution >= 0.6 is 0 Å². The van der Waals surface area contributed by atoms with Crippen molar-refractivity contribution in [3.8, 4) is 0 Å². The number of aromatic nitrogens is 1. The fraction of sp³-hybridized carbons (Fsp3) is 0.412. The molecule has 1 aromatic heterocycles. The van der Waals surface area contributed by atoms with Gasteiger partial charge in [-0.1, -0.05) is 35.5 Å². The Morgan fingerprint density at radius 1 is 1.20 bits per heavy atom. The van der Waals surface area contributed by atoms with Crippen molar-refractivity contribution in [1.29, 1.82) is 0 Å². The summed E-state index contributed by atoms with van der Waals surface area (Å²) in [5, 5.41) is 8.29. The molecule has 0 bridgehead atoms. The molecule has 0 aliphatic carbocycles. The zero-order chi connectivity index (χ0) is 18.6. The zero-order valence-electron chi connectivity index (χ0n) is 14.1. The maximum absolute atomic E-state index is 13.2. The number of nitrogens with zero attached hydrogens (tertiary/aromatic N) is 1. The Bertz CT molecular complexity index is 694. The van der Waals surface area contributed by atoms with Gasteiger partial charge >= 0.3 is 12.2 Å². The molecule has 0 unspecified atom stereocenters. The number of carbonyl (C=O) groups is 1. The van der Waals surface area contributed by atoms with Crippen LogP contribution in [-0.2, 0) is 6.42 Å². The first-order valence-electron chi connectivity index (χ1n) is 7.79. The molecule has 2 rings (SSSR count). The van der Waals surface area contributed by atoms with Crippen LogP contribution in [0, 0.1) is 13.8 Å². The van der Waals surface area contributed by atoms with Crippen molar-refractivity contribution in [2.45, 2.75) is 45.5 Å². The van der Waals surface area contributed by atoms with Gasteiger partial charge in [-0.15, -0.1) is 0 Å². The van der Waals surface area contributed by atoms with Gasteiger partial charge in [0.25, 0.3) is 0 Å². The van der Waals surface area contributed by atoms with E-state index in [0.29, 0.717) is 22.6 Å². The van der Waals surface area contributed by atoms with Crippen molar-refractivity contribution in [3.05, 3.63) is 52.9 Å². The molecule has 0 saturated carbocycles. The largest absolute Gasteiger partial charge is 0.408 e. The molecule has 136 valence electrons. The van der Waals surface area contributed by atoms with Gasteiger partial charge in [0, 0.05) is 12.0 Å². The number of amides is 2. The summed E-state index contributed by atoms with van der Waals surface area (Å²) in [5.74, 6) is 0.516. The molecule has 0 radical (unpaired) electrons. The van der Waals surface area contributed by atoms with Crippen LogP contribution in [0.4, 0.5) is 18.0 Å². The number of hydrogen-bond acceptors (Lipinski definition) is 3. The third kappa shape index (κ3) is 4.98. The summed E-state index contributed by atoms with van der Waals surface area (Å²) in [6.07, 6.45) is -4.89. The lowest BCUT2D eigenvalue weighted by atomic mass is 10.1. The minimum atomic E-state index is -4.56. The normalized spacial score (nSPS) is 14.0. The van der Waals surface area contributed by atoms with E-state index in [1.165, 1.54) is 0 Å². The predicted molar refractivity (Wildman–Crippen MR) is 86.0 cm³/mol. The molecular formula is C17H20F3N3O2. The average Bonchev–Trinajstić information content (AvgIpc) is 2.85. The Morgan fingerprint density at radius 2 is 1.84 bits per heavy atom. The van der Waals surface area contributed by atoms with Crippen LogP contribution in [0.3, 0.4) is 0 Å². The number of urea groups is 1. The fourth-order valence-corrected chi connectivity index (χ4v) is 2.68. The molecule has 25 heavy (non-hydrogen) atoms. The highest BCUT2D eigenvalue weighted by Crippen LogP contribution is 2.24. The van der Waals surface area contributed by atoms with E-state index >= 15 is 0 Å². The van der Waals surface area contributed by atoms with Gasteiger partial charge in [0.15, 0.2) is 0 Å². The van der Waals surface area contributed by atoms with Crippen molar-refractivity contribution in [2.24, 2.45) is 0 Å². The van der Waals surface area contributed by atoms with Gasteiger partial charge in [-0.05, 0) is 26.3 Å². The summed E-state index contributed by atoms with van der Waals surface area (Å²) in [6.45, 7) is 5.04. The van der Waals surface area contributed by atoms with Crippen LogP contribution in [0.5, 0.6) is 0 Å². The summed E-state index contributed by atoms with van der Waals surface area (Å²) in [7, 11) is 0. The molecule has 2 atom stereocenters. The molecule has 5 nitrogen and oxygen atoms in total. The van der Waals surface area contributed by atoms with Crippen molar-refractivity contribution >= 4 is 6.03 Å². The van der Waals surface area contributed by atoms with Crippen LogP contribution in [0.2, 0.25) is 0 Å². The summed E-state index contributed by atoms with van der Waals surface area (Å²) in [5.41, 5.74) is 1.73. The van der Waals surface area contributed by atoms with Gasteiger partial charge in [0.05, 0.1) is 11.7 Å². The highest BCUT2D eigenvalue weighted by atomic mass is 19.4. The first-order chi connectivity index (χ1) is 11.7. The molecule has 2 amide bonds. The topological polar surface area (TPSA) is 67.2 Å². The molecule has 0 aliphatic heterocycles. The maximum Gasteiger partial charge on any atom is 0.408 e. The molecule has 1 aromatic carbocycles. The standard InChI is InChI=1S/C17H20F3N3O2/c1-10(15-11(2)23-25-12(15)3)21-16(24)22-14(17(18,19)20)9-13-7-5-4-6-8-13/h4-8,10,14H,9H2,1-3H3,(H2,21,22,24)/t10-,14+/m1/s1. The van der Waals surface area contributed by atoms with Crippen LogP contribution < -0.4 is 10.6 Å². The van der Waals surface area contributed by atoms with E-state index in [-0.39, 0.29) is 6.42 Å². The Labute approximate surface area is 143 Å². The SMILES string of the molecule is Cc1noc(C)c1[C@@H](C)NC(=O)N[C@@H](Cc1ccccc1)C(F)(F)F. The second-order valence-electron chi connectivity index (χ2n) is 5.86. The smallest absolute Gasteiger partial charge is 0.361 e. The number of nitrogens with one attached hydrogen (secondary N) is 2. The Hall–Kier alpha value is -2.51. The van der Waals surface area contributed by atoms with E-state index in [2.05, 4.69) is 10.5 Å². The minimum Gasteiger partial charge on any atom is -0.361 e. The van der Waals surface area contributed by atoms with Crippen molar-refractivity contribution in [3.63, 3.8) is 0 Å². The van der Waals surface area contributed by atoms with Crippen LogP contribution in [0.25, 0.3) is 0 Å². The van der Waals surface area contributed by atoms with Gasteiger partial charge in [-0.3, -0.25) is 0 Å². The zero-order valence-corrected chi connectivity index (χ0v) is 14.1. The highest BCUT2D eigenvalue weighted by molar-refractivity contribution is 5.75. The molecule has 0 aliphatic rings. The second kappa shape index (κ2) is 7.58. The third-order valence-corrected chi connectivity index (χ3v) is 3.85. The predicted octanol–water partition coefficient (Wildman–Crippen LogP) is 3.83.